The second kappa shape index (κ2) is 5.10. The normalized spacial score (nSPS) is 9.94. The van der Waals surface area contributed by atoms with Gasteiger partial charge < -0.3 is 4.57 Å². The maximum atomic E-state index is 10.5. The van der Waals surface area contributed by atoms with E-state index in [2.05, 4.69) is 4.98 Å². The predicted molar refractivity (Wildman–Crippen MR) is 63.7 cm³/mol. The first kappa shape index (κ1) is 11.8. The fourth-order valence-corrected chi connectivity index (χ4v) is 1.64. The van der Waals surface area contributed by atoms with Crippen LogP contribution in [0.15, 0.2) is 36.7 Å². The van der Waals surface area contributed by atoms with Gasteiger partial charge in [-0.3, -0.25) is 10.1 Å². The SMILES string of the molecule is N#Cc1nccn1CCc1ccc([N+](=O)[O-])cc1. The first-order chi connectivity index (χ1) is 8.70. The molecule has 6 nitrogen and oxygen atoms in total. The van der Waals surface area contributed by atoms with E-state index >= 15 is 0 Å². The summed E-state index contributed by atoms with van der Waals surface area (Å²) in [6, 6.07) is 8.41. The molecule has 0 N–H and O–H groups in total. The largest absolute Gasteiger partial charge is 0.322 e. The number of aromatic nitrogens is 2. The molecule has 90 valence electrons. The number of benzene rings is 1. The molecule has 6 heteroatoms. The van der Waals surface area contributed by atoms with E-state index in [-0.39, 0.29) is 5.69 Å². The molecule has 0 fully saturated rings. The van der Waals surface area contributed by atoms with Crippen LogP contribution in [0.5, 0.6) is 0 Å². The lowest BCUT2D eigenvalue weighted by Crippen LogP contribution is -2.03. The third-order valence-corrected chi connectivity index (χ3v) is 2.60. The second-order valence-electron chi connectivity index (χ2n) is 3.73. The molecule has 2 rings (SSSR count). The number of nitro groups is 1. The predicted octanol–water partition coefficient (Wildman–Crippen LogP) is 1.91. The molecule has 0 aliphatic rings. The van der Waals surface area contributed by atoms with E-state index in [0.717, 1.165) is 5.56 Å². The van der Waals surface area contributed by atoms with Gasteiger partial charge in [0.1, 0.15) is 6.07 Å². The molecule has 18 heavy (non-hydrogen) atoms. The third kappa shape index (κ3) is 2.52. The molecule has 0 radical (unpaired) electrons. The van der Waals surface area contributed by atoms with E-state index in [1.54, 1.807) is 29.1 Å². The Bertz CT molecular complexity index is 595. The molecule has 0 saturated carbocycles. The van der Waals surface area contributed by atoms with Crippen molar-refractivity contribution in [2.24, 2.45) is 0 Å². The Labute approximate surface area is 103 Å². The Kier molecular flexibility index (Phi) is 3.34. The van der Waals surface area contributed by atoms with Gasteiger partial charge in [0.15, 0.2) is 0 Å². The average Bonchev–Trinajstić information content (AvgIpc) is 2.84. The maximum absolute atomic E-state index is 10.5. The number of hydrogen-bond donors (Lipinski definition) is 0. The van der Waals surface area contributed by atoms with Crippen molar-refractivity contribution in [1.29, 1.82) is 5.26 Å². The fourth-order valence-electron chi connectivity index (χ4n) is 1.64. The minimum absolute atomic E-state index is 0.0825. The van der Waals surface area contributed by atoms with Gasteiger partial charge in [-0.1, -0.05) is 12.1 Å². The molecule has 0 spiro atoms. The zero-order valence-corrected chi connectivity index (χ0v) is 9.48. The van der Waals surface area contributed by atoms with Gasteiger partial charge in [-0.2, -0.15) is 5.26 Å². The van der Waals surface area contributed by atoms with Gasteiger partial charge >= 0.3 is 0 Å². The van der Waals surface area contributed by atoms with Crippen LogP contribution >= 0.6 is 0 Å². The molecule has 0 amide bonds. The van der Waals surface area contributed by atoms with Crippen molar-refractivity contribution in [3.05, 3.63) is 58.2 Å². The van der Waals surface area contributed by atoms with Gasteiger partial charge in [-0.05, 0) is 12.0 Å². The summed E-state index contributed by atoms with van der Waals surface area (Å²) >= 11 is 0. The molecular weight excluding hydrogens is 232 g/mol. The fraction of sp³-hybridized carbons (Fsp3) is 0.167. The van der Waals surface area contributed by atoms with E-state index in [4.69, 9.17) is 5.26 Å². The zero-order chi connectivity index (χ0) is 13.0. The first-order valence-corrected chi connectivity index (χ1v) is 5.35. The van der Waals surface area contributed by atoms with Gasteiger partial charge in [-0.15, -0.1) is 0 Å². The van der Waals surface area contributed by atoms with Crippen LogP contribution in [-0.2, 0) is 13.0 Å². The van der Waals surface area contributed by atoms with Gasteiger partial charge in [0.25, 0.3) is 5.69 Å². The Morgan fingerprint density at radius 3 is 2.72 bits per heavy atom. The monoisotopic (exact) mass is 242 g/mol. The third-order valence-electron chi connectivity index (χ3n) is 2.60. The number of non-ortho nitro benzene ring substituents is 1. The highest BCUT2D eigenvalue weighted by atomic mass is 16.6. The van der Waals surface area contributed by atoms with E-state index in [0.29, 0.717) is 18.8 Å². The molecule has 0 saturated heterocycles. The van der Waals surface area contributed by atoms with Crippen LogP contribution in [0, 0.1) is 21.4 Å². The summed E-state index contributed by atoms with van der Waals surface area (Å²) in [5.41, 5.74) is 1.07. The lowest BCUT2D eigenvalue weighted by molar-refractivity contribution is -0.384. The minimum atomic E-state index is -0.423. The lowest BCUT2D eigenvalue weighted by atomic mass is 10.1. The summed E-state index contributed by atoms with van der Waals surface area (Å²) in [6.07, 6.45) is 4.02. The smallest absolute Gasteiger partial charge is 0.269 e. The highest BCUT2D eigenvalue weighted by molar-refractivity contribution is 5.32. The van der Waals surface area contributed by atoms with Crippen LogP contribution in [0.3, 0.4) is 0 Å². The molecule has 2 aromatic rings. The van der Waals surface area contributed by atoms with Gasteiger partial charge in [0.2, 0.25) is 5.82 Å². The number of aryl methyl sites for hydroxylation is 2. The summed E-state index contributed by atoms with van der Waals surface area (Å²) in [5.74, 6) is 0.372. The van der Waals surface area contributed by atoms with Gasteiger partial charge in [0, 0.05) is 31.1 Å². The topological polar surface area (TPSA) is 84.8 Å². The standard InChI is InChI=1S/C12H10N4O2/c13-9-12-14-6-8-15(12)7-5-10-1-3-11(4-2-10)16(17)18/h1-4,6,8H,5,7H2. The van der Waals surface area contributed by atoms with Gasteiger partial charge in [0.05, 0.1) is 4.92 Å². The molecular formula is C12H10N4O2. The van der Waals surface area contributed by atoms with E-state index in [9.17, 15) is 10.1 Å². The van der Waals surface area contributed by atoms with Crippen molar-refractivity contribution in [1.82, 2.24) is 9.55 Å². The first-order valence-electron chi connectivity index (χ1n) is 5.35. The molecule has 0 aliphatic carbocycles. The molecule has 0 bridgehead atoms. The van der Waals surface area contributed by atoms with Crippen molar-refractivity contribution < 1.29 is 4.92 Å². The lowest BCUT2D eigenvalue weighted by Gasteiger charge is -2.03. The minimum Gasteiger partial charge on any atom is -0.322 e. The number of nitrogens with zero attached hydrogens (tertiary/aromatic N) is 4. The summed E-state index contributed by atoms with van der Waals surface area (Å²) in [5, 5.41) is 19.3. The highest BCUT2D eigenvalue weighted by Crippen LogP contribution is 2.12. The van der Waals surface area contributed by atoms with Crippen molar-refractivity contribution in [3.8, 4) is 6.07 Å². The zero-order valence-electron chi connectivity index (χ0n) is 9.48. The number of nitriles is 1. The molecule has 0 unspecified atom stereocenters. The van der Waals surface area contributed by atoms with E-state index in [1.165, 1.54) is 12.1 Å². The van der Waals surface area contributed by atoms with Crippen molar-refractivity contribution in [3.63, 3.8) is 0 Å². The van der Waals surface area contributed by atoms with E-state index in [1.807, 2.05) is 6.07 Å². The quantitative estimate of drug-likeness (QED) is 0.605. The number of rotatable bonds is 4. The number of hydrogen-bond acceptors (Lipinski definition) is 4. The highest BCUT2D eigenvalue weighted by Gasteiger charge is 2.05. The molecule has 0 aliphatic heterocycles. The average molecular weight is 242 g/mol. The van der Waals surface area contributed by atoms with Crippen LogP contribution in [0.2, 0.25) is 0 Å². The van der Waals surface area contributed by atoms with Gasteiger partial charge in [-0.25, -0.2) is 4.98 Å². The van der Waals surface area contributed by atoms with Crippen LogP contribution < -0.4 is 0 Å². The van der Waals surface area contributed by atoms with E-state index < -0.39 is 4.92 Å². The maximum Gasteiger partial charge on any atom is 0.269 e. The molecule has 0 atom stereocenters. The number of nitro benzene ring substituents is 1. The summed E-state index contributed by atoms with van der Waals surface area (Å²) in [7, 11) is 0. The second-order valence-corrected chi connectivity index (χ2v) is 3.73. The summed E-state index contributed by atoms with van der Waals surface area (Å²) in [4.78, 5) is 14.0. The summed E-state index contributed by atoms with van der Waals surface area (Å²) < 4.78 is 1.75. The van der Waals surface area contributed by atoms with Crippen LogP contribution in [0.1, 0.15) is 11.4 Å². The Morgan fingerprint density at radius 1 is 1.39 bits per heavy atom. The van der Waals surface area contributed by atoms with Crippen LogP contribution in [0.25, 0.3) is 0 Å². The van der Waals surface area contributed by atoms with Crippen molar-refractivity contribution in [2.75, 3.05) is 0 Å². The number of imidazole rings is 1. The van der Waals surface area contributed by atoms with Crippen LogP contribution in [-0.4, -0.2) is 14.5 Å². The summed E-state index contributed by atoms with van der Waals surface area (Å²) in [6.45, 7) is 0.626. The molecule has 1 heterocycles. The van der Waals surface area contributed by atoms with Crippen molar-refractivity contribution >= 4 is 5.69 Å². The Morgan fingerprint density at radius 2 is 2.11 bits per heavy atom. The Hall–Kier alpha value is -2.68. The molecule has 1 aromatic heterocycles. The molecule has 1 aromatic carbocycles. The Balaban J connectivity index is 2.03. The van der Waals surface area contributed by atoms with Crippen molar-refractivity contribution in [2.45, 2.75) is 13.0 Å². The van der Waals surface area contributed by atoms with Crippen LogP contribution in [0.4, 0.5) is 5.69 Å².